The number of nitrogens with one attached hydrogen (secondary N) is 2. The molecular formula is C24H24N4O5S. The van der Waals surface area contributed by atoms with Gasteiger partial charge in [0.25, 0.3) is 0 Å². The van der Waals surface area contributed by atoms with Gasteiger partial charge in [-0.15, -0.1) is 11.3 Å². The van der Waals surface area contributed by atoms with Gasteiger partial charge in [0.2, 0.25) is 0 Å². The molecule has 0 aliphatic heterocycles. The van der Waals surface area contributed by atoms with Crippen LogP contribution in [0.3, 0.4) is 0 Å². The Morgan fingerprint density at radius 1 is 0.971 bits per heavy atom. The van der Waals surface area contributed by atoms with E-state index in [9.17, 15) is 4.79 Å². The molecule has 1 atom stereocenters. The first-order valence-corrected chi connectivity index (χ1v) is 11.2. The van der Waals surface area contributed by atoms with E-state index >= 15 is 0 Å². The number of urea groups is 1. The molecule has 0 saturated heterocycles. The number of methoxy groups -OCH3 is 3. The topological polar surface area (TPSA) is 104 Å². The molecule has 4 rings (SSSR count). The van der Waals surface area contributed by atoms with Crippen molar-refractivity contribution in [2.45, 2.75) is 13.0 Å². The number of pyridine rings is 1. The second-order valence-electron chi connectivity index (χ2n) is 7.22. The highest BCUT2D eigenvalue weighted by atomic mass is 32.1. The molecule has 10 heteroatoms. The van der Waals surface area contributed by atoms with Crippen LogP contribution in [0.25, 0.3) is 10.9 Å². The van der Waals surface area contributed by atoms with Gasteiger partial charge >= 0.3 is 6.03 Å². The van der Waals surface area contributed by atoms with Crippen LogP contribution >= 0.6 is 11.3 Å². The van der Waals surface area contributed by atoms with Gasteiger partial charge < -0.3 is 29.6 Å². The van der Waals surface area contributed by atoms with E-state index < -0.39 is 0 Å². The van der Waals surface area contributed by atoms with E-state index in [1.165, 1.54) is 18.4 Å². The van der Waals surface area contributed by atoms with Gasteiger partial charge in [0.1, 0.15) is 17.2 Å². The highest BCUT2D eigenvalue weighted by Gasteiger charge is 2.15. The lowest BCUT2D eigenvalue weighted by Crippen LogP contribution is -2.30. The normalized spacial score (nSPS) is 11.5. The van der Waals surface area contributed by atoms with Crippen LogP contribution in [0.4, 0.5) is 10.5 Å². The maximum absolute atomic E-state index is 12.5. The molecule has 2 N–H and O–H groups in total. The molecule has 0 bridgehead atoms. The second kappa shape index (κ2) is 10.3. The van der Waals surface area contributed by atoms with Gasteiger partial charge in [-0.2, -0.15) is 0 Å². The third-order valence-corrected chi connectivity index (χ3v) is 6.04. The Bertz CT molecular complexity index is 1300. The van der Waals surface area contributed by atoms with Crippen molar-refractivity contribution in [3.05, 3.63) is 59.2 Å². The van der Waals surface area contributed by atoms with Crippen LogP contribution in [0.15, 0.2) is 54.3 Å². The Labute approximate surface area is 200 Å². The number of thiazole rings is 1. The zero-order valence-corrected chi connectivity index (χ0v) is 19.9. The fourth-order valence-electron chi connectivity index (χ4n) is 3.37. The molecule has 0 aliphatic carbocycles. The molecule has 2 aromatic carbocycles. The van der Waals surface area contributed by atoms with E-state index in [1.54, 1.807) is 62.5 Å². The summed E-state index contributed by atoms with van der Waals surface area (Å²) >= 11 is 1.48. The Morgan fingerprint density at radius 3 is 2.44 bits per heavy atom. The zero-order chi connectivity index (χ0) is 24.1. The van der Waals surface area contributed by atoms with Gasteiger partial charge in [-0.3, -0.25) is 9.97 Å². The van der Waals surface area contributed by atoms with Crippen LogP contribution < -0.4 is 29.6 Å². The van der Waals surface area contributed by atoms with Crippen molar-refractivity contribution in [2.24, 2.45) is 0 Å². The van der Waals surface area contributed by atoms with Crippen LogP contribution in [0.5, 0.6) is 28.7 Å². The number of aromatic nitrogens is 2. The smallest absolute Gasteiger partial charge is 0.319 e. The van der Waals surface area contributed by atoms with Crippen LogP contribution in [-0.2, 0) is 0 Å². The number of nitrogens with zero attached hydrogens (tertiary/aromatic N) is 2. The summed E-state index contributed by atoms with van der Waals surface area (Å²) in [6.45, 7) is 1.89. The molecule has 2 aromatic heterocycles. The Morgan fingerprint density at radius 2 is 1.74 bits per heavy atom. The van der Waals surface area contributed by atoms with Crippen molar-refractivity contribution < 1.29 is 23.7 Å². The zero-order valence-electron chi connectivity index (χ0n) is 19.1. The predicted molar refractivity (Wildman–Crippen MR) is 131 cm³/mol. The number of hydrogen-bond donors (Lipinski definition) is 2. The summed E-state index contributed by atoms with van der Waals surface area (Å²) in [6.07, 6.45) is 3.39. The van der Waals surface area contributed by atoms with E-state index in [0.717, 1.165) is 10.3 Å². The summed E-state index contributed by atoms with van der Waals surface area (Å²) in [5, 5.41) is 6.46. The summed E-state index contributed by atoms with van der Waals surface area (Å²) in [5.41, 5.74) is 2.94. The summed E-state index contributed by atoms with van der Waals surface area (Å²) in [4.78, 5) is 21.9. The third kappa shape index (κ3) is 4.96. The molecule has 0 radical (unpaired) electrons. The summed E-state index contributed by atoms with van der Waals surface area (Å²) < 4.78 is 22.4. The molecule has 2 amide bonds. The minimum Gasteiger partial charge on any atom is -0.494 e. The monoisotopic (exact) mass is 480 g/mol. The molecule has 9 nitrogen and oxygen atoms in total. The first-order valence-electron chi connectivity index (χ1n) is 10.3. The minimum absolute atomic E-state index is 0.170. The number of amides is 2. The van der Waals surface area contributed by atoms with Crippen molar-refractivity contribution >= 4 is 34.0 Å². The van der Waals surface area contributed by atoms with E-state index in [0.29, 0.717) is 40.0 Å². The van der Waals surface area contributed by atoms with Gasteiger partial charge in [-0.1, -0.05) is 0 Å². The third-order valence-electron chi connectivity index (χ3n) is 5.08. The maximum atomic E-state index is 12.5. The fraction of sp³-hybridized carbons (Fsp3) is 0.208. The van der Waals surface area contributed by atoms with E-state index in [4.69, 9.17) is 18.9 Å². The van der Waals surface area contributed by atoms with Crippen molar-refractivity contribution in [3.8, 4) is 28.7 Å². The SMILES string of the molecule is COc1cc(Oc2ccnc3cc(OC)c(OC)cc23)ccc1NC(=O)NC(C)c1cncs1. The minimum atomic E-state index is -0.353. The number of fused-ring (bicyclic) bond motifs is 1. The first-order chi connectivity index (χ1) is 16.5. The van der Waals surface area contributed by atoms with Crippen molar-refractivity contribution in [1.29, 1.82) is 0 Å². The van der Waals surface area contributed by atoms with Gasteiger partial charge in [0.05, 0.1) is 44.1 Å². The molecule has 0 saturated carbocycles. The van der Waals surface area contributed by atoms with Crippen molar-refractivity contribution in [3.63, 3.8) is 0 Å². The first kappa shape index (κ1) is 23.1. The van der Waals surface area contributed by atoms with Crippen LogP contribution in [-0.4, -0.2) is 37.3 Å². The number of benzene rings is 2. The molecular weight excluding hydrogens is 456 g/mol. The average molecular weight is 481 g/mol. The predicted octanol–water partition coefficient (Wildman–Crippen LogP) is 5.39. The number of ether oxygens (including phenoxy) is 4. The number of anilines is 1. The standard InChI is InChI=1S/C24H24N4O5S/c1-14(23-12-25-13-34-23)27-24(29)28-17-6-5-15(9-20(17)30-2)33-19-7-8-26-18-11-22(32-4)21(31-3)10-16(18)19/h5-14H,1-4H3,(H2,27,28,29). The van der Waals surface area contributed by atoms with Crippen LogP contribution in [0.1, 0.15) is 17.8 Å². The van der Waals surface area contributed by atoms with Gasteiger partial charge in [-0.05, 0) is 31.2 Å². The Hall–Kier alpha value is -4.05. The largest absolute Gasteiger partial charge is 0.494 e. The quantitative estimate of drug-likeness (QED) is 0.348. The number of hydrogen-bond acceptors (Lipinski definition) is 8. The molecule has 4 aromatic rings. The van der Waals surface area contributed by atoms with Crippen molar-refractivity contribution in [1.82, 2.24) is 15.3 Å². The van der Waals surface area contributed by atoms with Gasteiger partial charge in [-0.25, -0.2) is 4.79 Å². The van der Waals surface area contributed by atoms with E-state index in [1.807, 2.05) is 13.0 Å². The average Bonchev–Trinajstić information content (AvgIpc) is 3.39. The van der Waals surface area contributed by atoms with E-state index in [2.05, 4.69) is 20.6 Å². The molecule has 34 heavy (non-hydrogen) atoms. The van der Waals surface area contributed by atoms with E-state index in [-0.39, 0.29) is 12.1 Å². The highest BCUT2D eigenvalue weighted by molar-refractivity contribution is 7.09. The summed E-state index contributed by atoms with van der Waals surface area (Å²) in [7, 11) is 4.68. The maximum Gasteiger partial charge on any atom is 0.319 e. The fourth-order valence-corrected chi connectivity index (χ4v) is 4.00. The molecule has 176 valence electrons. The summed E-state index contributed by atoms with van der Waals surface area (Å²) in [6, 6.07) is 10.0. The van der Waals surface area contributed by atoms with Gasteiger partial charge in [0.15, 0.2) is 11.5 Å². The lowest BCUT2D eigenvalue weighted by molar-refractivity contribution is 0.249. The Kier molecular flexibility index (Phi) is 6.98. The molecule has 2 heterocycles. The molecule has 1 unspecified atom stereocenters. The van der Waals surface area contributed by atoms with Crippen LogP contribution in [0, 0.1) is 0 Å². The summed E-state index contributed by atoms with van der Waals surface area (Å²) in [5.74, 6) is 2.73. The highest BCUT2D eigenvalue weighted by Crippen LogP contribution is 2.38. The second-order valence-corrected chi connectivity index (χ2v) is 8.14. The molecule has 0 fully saturated rings. The Balaban J connectivity index is 1.54. The van der Waals surface area contributed by atoms with Crippen LogP contribution in [0.2, 0.25) is 0 Å². The number of carbonyl (C=O) groups is 1. The number of rotatable bonds is 8. The lowest BCUT2D eigenvalue weighted by Gasteiger charge is -2.16. The molecule has 0 spiro atoms. The number of carbonyl (C=O) groups excluding carboxylic acids is 1. The lowest BCUT2D eigenvalue weighted by atomic mass is 10.2. The van der Waals surface area contributed by atoms with Crippen molar-refractivity contribution in [2.75, 3.05) is 26.6 Å². The van der Waals surface area contributed by atoms with Gasteiger partial charge in [0, 0.05) is 34.8 Å². The molecule has 0 aliphatic rings.